The maximum Gasteiger partial charge on any atom is 0.226 e. The highest BCUT2D eigenvalue weighted by molar-refractivity contribution is 7.98. The summed E-state index contributed by atoms with van der Waals surface area (Å²) in [4.78, 5) is 11.9. The van der Waals surface area contributed by atoms with Crippen LogP contribution in [0.5, 0.6) is 5.75 Å². The second-order valence-electron chi connectivity index (χ2n) is 3.57. The van der Waals surface area contributed by atoms with E-state index in [1.165, 1.54) is 30.0 Å². The van der Waals surface area contributed by atoms with Gasteiger partial charge in [-0.1, -0.05) is 0 Å². The van der Waals surface area contributed by atoms with Crippen molar-refractivity contribution in [3.63, 3.8) is 0 Å². The first kappa shape index (κ1) is 12.5. The molecule has 0 fully saturated rings. The lowest BCUT2D eigenvalue weighted by atomic mass is 10.3. The summed E-state index contributed by atoms with van der Waals surface area (Å²) in [6, 6.07) is 5.32. The Balaban J connectivity index is 2.11. The first-order chi connectivity index (χ1) is 8.56. The highest BCUT2D eigenvalue weighted by Gasteiger charge is 2.05. The minimum absolute atomic E-state index is 0.334. The number of hydrogen-bond donors (Lipinski definition) is 2. The van der Waals surface area contributed by atoms with Gasteiger partial charge in [0.2, 0.25) is 5.43 Å². The Labute approximate surface area is 106 Å². The van der Waals surface area contributed by atoms with Crippen molar-refractivity contribution in [2.75, 3.05) is 5.73 Å². The lowest BCUT2D eigenvalue weighted by molar-refractivity contribution is 0.419. The van der Waals surface area contributed by atoms with Gasteiger partial charge in [-0.2, -0.15) is 0 Å². The van der Waals surface area contributed by atoms with Crippen LogP contribution in [-0.2, 0) is 5.75 Å². The Morgan fingerprint density at radius 1 is 1.39 bits per heavy atom. The number of benzene rings is 1. The topological polar surface area (TPSA) is 76.5 Å². The fourth-order valence-electron chi connectivity index (χ4n) is 1.32. The number of anilines is 1. The van der Waals surface area contributed by atoms with Crippen molar-refractivity contribution in [1.82, 2.24) is 0 Å². The second kappa shape index (κ2) is 5.14. The molecule has 0 bridgehead atoms. The van der Waals surface area contributed by atoms with Gasteiger partial charge in [-0.3, -0.25) is 4.79 Å². The maximum absolute atomic E-state index is 12.8. The van der Waals surface area contributed by atoms with Gasteiger partial charge in [0.15, 0.2) is 5.75 Å². The van der Waals surface area contributed by atoms with Crippen molar-refractivity contribution in [2.45, 2.75) is 10.6 Å². The van der Waals surface area contributed by atoms with Crippen molar-refractivity contribution in [3.05, 3.63) is 52.3 Å². The van der Waals surface area contributed by atoms with E-state index in [-0.39, 0.29) is 0 Å². The van der Waals surface area contributed by atoms with Crippen LogP contribution in [0.3, 0.4) is 0 Å². The predicted molar refractivity (Wildman–Crippen MR) is 67.0 cm³/mol. The van der Waals surface area contributed by atoms with Crippen LogP contribution >= 0.6 is 11.8 Å². The number of aromatic hydroxyl groups is 1. The molecule has 1 aromatic heterocycles. The Hall–Kier alpha value is -1.95. The van der Waals surface area contributed by atoms with E-state index in [2.05, 4.69) is 0 Å². The fourth-order valence-corrected chi connectivity index (χ4v) is 2.16. The SMILES string of the molecule is Nc1cc(F)ccc1SCc1cc(=O)c(O)co1. The molecule has 0 aliphatic heterocycles. The van der Waals surface area contributed by atoms with Gasteiger partial charge < -0.3 is 15.3 Å². The van der Waals surface area contributed by atoms with Gasteiger partial charge >= 0.3 is 0 Å². The molecule has 0 aliphatic rings. The van der Waals surface area contributed by atoms with Gasteiger partial charge in [-0.25, -0.2) is 4.39 Å². The van der Waals surface area contributed by atoms with E-state index in [4.69, 9.17) is 15.3 Å². The summed E-state index contributed by atoms with van der Waals surface area (Å²) in [7, 11) is 0. The van der Waals surface area contributed by atoms with Crippen LogP contribution in [0, 0.1) is 5.82 Å². The van der Waals surface area contributed by atoms with Crippen LogP contribution < -0.4 is 11.2 Å². The highest BCUT2D eigenvalue weighted by atomic mass is 32.2. The molecule has 0 amide bonds. The average molecular weight is 267 g/mol. The molecule has 1 heterocycles. The maximum atomic E-state index is 12.8. The predicted octanol–water partition coefficient (Wildman–Crippen LogP) is 2.36. The number of rotatable bonds is 3. The lowest BCUT2D eigenvalue weighted by Gasteiger charge is -2.04. The van der Waals surface area contributed by atoms with Crippen LogP contribution in [0.25, 0.3) is 0 Å². The number of nitrogens with two attached hydrogens (primary N) is 1. The Bertz CT molecular complexity index is 627. The van der Waals surface area contributed by atoms with E-state index < -0.39 is 17.0 Å². The van der Waals surface area contributed by atoms with Crippen LogP contribution in [0.15, 0.2) is 44.6 Å². The molecule has 6 heteroatoms. The monoisotopic (exact) mass is 267 g/mol. The molecule has 0 saturated carbocycles. The smallest absolute Gasteiger partial charge is 0.226 e. The third kappa shape index (κ3) is 2.84. The molecule has 4 nitrogen and oxygen atoms in total. The van der Waals surface area contributed by atoms with E-state index in [1.54, 1.807) is 6.07 Å². The molecular formula is C12H10FNO3S. The molecule has 0 saturated heterocycles. The molecule has 0 atom stereocenters. The number of halogens is 1. The van der Waals surface area contributed by atoms with Crippen molar-refractivity contribution in [1.29, 1.82) is 0 Å². The van der Waals surface area contributed by atoms with Gasteiger partial charge in [0.25, 0.3) is 0 Å². The number of hydrogen-bond acceptors (Lipinski definition) is 5. The zero-order valence-electron chi connectivity index (χ0n) is 9.22. The zero-order chi connectivity index (χ0) is 13.1. The van der Waals surface area contributed by atoms with Crippen molar-refractivity contribution >= 4 is 17.4 Å². The third-order valence-corrected chi connectivity index (χ3v) is 3.32. The Kier molecular flexibility index (Phi) is 3.57. The quantitative estimate of drug-likeness (QED) is 0.659. The molecule has 0 unspecified atom stereocenters. The minimum atomic E-state index is -0.496. The second-order valence-corrected chi connectivity index (χ2v) is 4.58. The molecule has 1 aromatic carbocycles. The first-order valence-corrected chi connectivity index (χ1v) is 6.03. The standard InChI is InChI=1S/C12H10FNO3S/c13-7-1-2-12(9(14)3-7)18-6-8-4-10(15)11(16)5-17-8/h1-5,16H,6,14H2. The number of nitrogen functional groups attached to an aromatic ring is 1. The molecule has 18 heavy (non-hydrogen) atoms. The van der Waals surface area contributed by atoms with Gasteiger partial charge in [-0.05, 0) is 18.2 Å². The molecule has 0 spiro atoms. The van der Waals surface area contributed by atoms with Crippen molar-refractivity contribution < 1.29 is 13.9 Å². The van der Waals surface area contributed by atoms with E-state index in [0.29, 0.717) is 22.1 Å². The van der Waals surface area contributed by atoms with Crippen molar-refractivity contribution in [3.8, 4) is 5.75 Å². The van der Waals surface area contributed by atoms with Crippen LogP contribution in [0.1, 0.15) is 5.76 Å². The number of thioether (sulfide) groups is 1. The van der Waals surface area contributed by atoms with Crippen LogP contribution in [-0.4, -0.2) is 5.11 Å². The molecular weight excluding hydrogens is 257 g/mol. The van der Waals surface area contributed by atoms with Crippen molar-refractivity contribution in [2.24, 2.45) is 0 Å². The van der Waals surface area contributed by atoms with Crippen LogP contribution in [0.4, 0.5) is 10.1 Å². The van der Waals surface area contributed by atoms with Gasteiger partial charge in [0, 0.05) is 16.6 Å². The molecule has 2 rings (SSSR count). The zero-order valence-corrected chi connectivity index (χ0v) is 10.0. The fraction of sp³-hybridized carbons (Fsp3) is 0.0833. The lowest BCUT2D eigenvalue weighted by Crippen LogP contribution is -1.99. The normalized spacial score (nSPS) is 10.5. The van der Waals surface area contributed by atoms with Gasteiger partial charge in [0.05, 0.1) is 5.75 Å². The molecule has 0 radical (unpaired) electrons. The Morgan fingerprint density at radius 2 is 2.17 bits per heavy atom. The molecule has 3 N–H and O–H groups in total. The largest absolute Gasteiger partial charge is 0.502 e. The van der Waals surface area contributed by atoms with E-state index in [9.17, 15) is 9.18 Å². The summed E-state index contributed by atoms with van der Waals surface area (Å²) in [5.41, 5.74) is 5.48. The minimum Gasteiger partial charge on any atom is -0.502 e. The van der Waals surface area contributed by atoms with E-state index >= 15 is 0 Å². The third-order valence-electron chi connectivity index (χ3n) is 2.21. The summed E-state index contributed by atoms with van der Waals surface area (Å²) in [6.07, 6.45) is 0.992. The first-order valence-electron chi connectivity index (χ1n) is 5.05. The van der Waals surface area contributed by atoms with Crippen LogP contribution in [0.2, 0.25) is 0 Å². The van der Waals surface area contributed by atoms with Gasteiger partial charge in [-0.15, -0.1) is 11.8 Å². The summed E-state index contributed by atoms with van der Waals surface area (Å²) in [6.45, 7) is 0. The summed E-state index contributed by atoms with van der Waals surface area (Å²) in [5.74, 6) is -0.0460. The van der Waals surface area contributed by atoms with Gasteiger partial charge in [0.1, 0.15) is 17.8 Å². The summed E-state index contributed by atoms with van der Waals surface area (Å²) in [5, 5.41) is 9.03. The summed E-state index contributed by atoms with van der Waals surface area (Å²) < 4.78 is 17.9. The average Bonchev–Trinajstić information content (AvgIpc) is 2.32. The van der Waals surface area contributed by atoms with E-state index in [1.807, 2.05) is 0 Å². The Morgan fingerprint density at radius 3 is 2.83 bits per heavy atom. The molecule has 94 valence electrons. The molecule has 2 aromatic rings. The molecule has 0 aliphatic carbocycles. The summed E-state index contributed by atoms with van der Waals surface area (Å²) >= 11 is 1.32. The van der Waals surface area contributed by atoms with E-state index in [0.717, 1.165) is 6.26 Å². The highest BCUT2D eigenvalue weighted by Crippen LogP contribution is 2.28.